The zero-order chi connectivity index (χ0) is 20.3. The molecule has 0 unspecified atom stereocenters. The van der Waals surface area contributed by atoms with Crippen molar-refractivity contribution in [3.05, 3.63) is 72.3 Å². The SMILES string of the molecule is C=C1C[C@@]2(S(=O)(=O)c3ccccc3)C(=O)Oc3ccccc3[C@H]2[C@H]1C(F)(F)F. The number of carbonyl (C=O) groups excluding carboxylic acids is 1. The van der Waals surface area contributed by atoms with Crippen molar-refractivity contribution in [3.63, 3.8) is 0 Å². The van der Waals surface area contributed by atoms with Crippen molar-refractivity contribution in [2.75, 3.05) is 0 Å². The third kappa shape index (κ3) is 2.37. The average Bonchev–Trinajstić information content (AvgIpc) is 2.98. The number of rotatable bonds is 2. The van der Waals surface area contributed by atoms with E-state index in [0.717, 1.165) is 0 Å². The maximum atomic E-state index is 14.0. The molecule has 0 amide bonds. The summed E-state index contributed by atoms with van der Waals surface area (Å²) in [7, 11) is -4.51. The second-order valence-corrected chi connectivity index (χ2v) is 9.17. The summed E-state index contributed by atoms with van der Waals surface area (Å²) in [5, 5.41) is 0. The average molecular weight is 408 g/mol. The molecule has 4 rings (SSSR count). The first kappa shape index (κ1) is 18.7. The van der Waals surface area contributed by atoms with Crippen LogP contribution in [0, 0.1) is 5.92 Å². The number of benzene rings is 2. The Morgan fingerprint density at radius 1 is 1.04 bits per heavy atom. The zero-order valence-corrected chi connectivity index (χ0v) is 15.3. The Balaban J connectivity index is 2.05. The van der Waals surface area contributed by atoms with Crippen molar-refractivity contribution in [2.45, 2.75) is 28.2 Å². The lowest BCUT2D eigenvalue weighted by Gasteiger charge is -2.39. The van der Waals surface area contributed by atoms with Gasteiger partial charge < -0.3 is 4.74 Å². The van der Waals surface area contributed by atoms with Gasteiger partial charge in [-0.1, -0.05) is 48.6 Å². The van der Waals surface area contributed by atoms with Crippen LogP contribution in [0.25, 0.3) is 0 Å². The first-order valence-corrected chi connectivity index (χ1v) is 9.94. The Labute approximate surface area is 159 Å². The Kier molecular flexibility index (Phi) is 3.98. The molecule has 3 atom stereocenters. The van der Waals surface area contributed by atoms with E-state index in [9.17, 15) is 26.4 Å². The van der Waals surface area contributed by atoms with E-state index in [0.29, 0.717) is 0 Å². The van der Waals surface area contributed by atoms with Crippen LogP contribution in [0.3, 0.4) is 0 Å². The van der Waals surface area contributed by atoms with Gasteiger partial charge in [0.15, 0.2) is 14.6 Å². The number of alkyl halides is 3. The molecule has 4 nitrogen and oxygen atoms in total. The standard InChI is InChI=1S/C20H15F3O4S/c1-12-11-19(28(25,26)13-7-3-2-4-8-13)17(16(12)20(21,22)23)14-9-5-6-10-15(14)27-18(19)24/h2-10,16-17H,1,11H2/t16-,17-,19-/m0/s1. The first-order chi connectivity index (χ1) is 13.1. The number of sulfone groups is 1. The predicted octanol–water partition coefficient (Wildman–Crippen LogP) is 4.04. The summed E-state index contributed by atoms with van der Waals surface area (Å²) in [6, 6.07) is 12.7. The summed E-state index contributed by atoms with van der Waals surface area (Å²) < 4.78 is 71.7. The lowest BCUT2D eigenvalue weighted by Crippen LogP contribution is -2.54. The molecule has 0 N–H and O–H groups in total. The molecule has 1 aliphatic carbocycles. The summed E-state index contributed by atoms with van der Waals surface area (Å²) >= 11 is 0. The largest absolute Gasteiger partial charge is 0.425 e. The van der Waals surface area contributed by atoms with Gasteiger partial charge in [-0.3, -0.25) is 0 Å². The van der Waals surface area contributed by atoms with Crippen LogP contribution in [0.2, 0.25) is 0 Å². The number of hydrogen-bond acceptors (Lipinski definition) is 4. The Morgan fingerprint density at radius 3 is 2.29 bits per heavy atom. The number of ether oxygens (including phenoxy) is 1. The van der Waals surface area contributed by atoms with Gasteiger partial charge in [0.25, 0.3) is 0 Å². The number of hydrogen-bond donors (Lipinski definition) is 0. The van der Waals surface area contributed by atoms with Gasteiger partial charge in [-0.25, -0.2) is 13.2 Å². The highest BCUT2D eigenvalue weighted by molar-refractivity contribution is 7.93. The molecule has 146 valence electrons. The van der Waals surface area contributed by atoms with Gasteiger partial charge >= 0.3 is 12.1 Å². The van der Waals surface area contributed by atoms with Crippen LogP contribution >= 0.6 is 0 Å². The summed E-state index contributed by atoms with van der Waals surface area (Å²) in [6.45, 7) is 3.49. The molecular weight excluding hydrogens is 393 g/mol. The van der Waals surface area contributed by atoms with Crippen molar-refractivity contribution in [1.29, 1.82) is 0 Å². The number of halogens is 3. The minimum Gasteiger partial charge on any atom is -0.425 e. The Hall–Kier alpha value is -2.61. The van der Waals surface area contributed by atoms with Crippen LogP contribution in [0.1, 0.15) is 17.9 Å². The maximum Gasteiger partial charge on any atom is 0.396 e. The Morgan fingerprint density at radius 2 is 1.64 bits per heavy atom. The minimum absolute atomic E-state index is 0.0441. The highest BCUT2D eigenvalue weighted by Gasteiger charge is 2.71. The fraction of sp³-hybridized carbons (Fsp3) is 0.250. The molecule has 0 saturated heterocycles. The predicted molar refractivity (Wildman–Crippen MR) is 94.5 cm³/mol. The second-order valence-electron chi connectivity index (χ2n) is 6.97. The van der Waals surface area contributed by atoms with Crippen molar-refractivity contribution in [2.24, 2.45) is 5.92 Å². The van der Waals surface area contributed by atoms with Crippen LogP contribution in [-0.2, 0) is 14.6 Å². The second kappa shape index (κ2) is 5.94. The van der Waals surface area contributed by atoms with Gasteiger partial charge in [0, 0.05) is 17.9 Å². The zero-order valence-electron chi connectivity index (χ0n) is 14.4. The molecule has 0 bridgehead atoms. The van der Waals surface area contributed by atoms with Crippen LogP contribution in [0.15, 0.2) is 71.6 Å². The topological polar surface area (TPSA) is 60.4 Å². The minimum atomic E-state index is -4.76. The number of fused-ring (bicyclic) bond motifs is 3. The van der Waals surface area contributed by atoms with E-state index in [4.69, 9.17) is 4.74 Å². The van der Waals surface area contributed by atoms with E-state index in [1.54, 1.807) is 6.07 Å². The maximum absolute atomic E-state index is 14.0. The fourth-order valence-corrected chi connectivity index (χ4v) is 6.48. The number of para-hydroxylation sites is 1. The van der Waals surface area contributed by atoms with E-state index < -0.39 is 45.0 Å². The molecule has 0 radical (unpaired) electrons. The summed E-state index contributed by atoms with van der Waals surface area (Å²) in [5.74, 6) is -5.09. The smallest absolute Gasteiger partial charge is 0.396 e. The molecular formula is C20H15F3O4S. The molecule has 1 saturated carbocycles. The van der Waals surface area contributed by atoms with Gasteiger partial charge in [-0.15, -0.1) is 0 Å². The van der Waals surface area contributed by atoms with E-state index in [1.807, 2.05) is 0 Å². The van der Waals surface area contributed by atoms with Gasteiger partial charge in [-0.2, -0.15) is 13.2 Å². The molecule has 2 aliphatic rings. The van der Waals surface area contributed by atoms with Crippen molar-refractivity contribution < 1.29 is 31.1 Å². The van der Waals surface area contributed by atoms with Crippen molar-refractivity contribution in [1.82, 2.24) is 0 Å². The summed E-state index contributed by atoms with van der Waals surface area (Å²) in [5.41, 5.74) is -0.298. The summed E-state index contributed by atoms with van der Waals surface area (Å²) in [4.78, 5) is 12.8. The van der Waals surface area contributed by atoms with Crippen molar-refractivity contribution >= 4 is 15.8 Å². The molecule has 28 heavy (non-hydrogen) atoms. The fourth-order valence-electron chi connectivity index (χ4n) is 4.31. The van der Waals surface area contributed by atoms with Gasteiger partial charge in [0.1, 0.15) is 5.75 Å². The van der Waals surface area contributed by atoms with E-state index in [2.05, 4.69) is 6.58 Å². The third-order valence-electron chi connectivity index (χ3n) is 5.45. The Bertz CT molecular complexity index is 1080. The molecule has 0 aromatic heterocycles. The molecule has 8 heteroatoms. The lowest BCUT2D eigenvalue weighted by atomic mass is 9.79. The van der Waals surface area contributed by atoms with Gasteiger partial charge in [0.2, 0.25) is 0 Å². The van der Waals surface area contributed by atoms with E-state index in [-0.39, 0.29) is 21.8 Å². The molecule has 2 aromatic rings. The lowest BCUT2D eigenvalue weighted by molar-refractivity contribution is -0.169. The molecule has 1 aliphatic heterocycles. The van der Waals surface area contributed by atoms with Crippen LogP contribution in [0.5, 0.6) is 5.75 Å². The van der Waals surface area contributed by atoms with Crippen LogP contribution in [0.4, 0.5) is 13.2 Å². The normalized spacial score (nSPS) is 27.1. The quantitative estimate of drug-likeness (QED) is 0.428. The van der Waals surface area contributed by atoms with Crippen molar-refractivity contribution in [3.8, 4) is 5.75 Å². The van der Waals surface area contributed by atoms with Gasteiger partial charge in [-0.05, 0) is 18.2 Å². The number of esters is 1. The first-order valence-electron chi connectivity index (χ1n) is 8.46. The monoisotopic (exact) mass is 408 g/mol. The highest BCUT2D eigenvalue weighted by Crippen LogP contribution is 2.62. The van der Waals surface area contributed by atoms with Crippen LogP contribution < -0.4 is 4.74 Å². The summed E-state index contributed by atoms with van der Waals surface area (Å²) in [6.07, 6.45) is -5.41. The third-order valence-corrected chi connectivity index (χ3v) is 7.87. The van der Waals surface area contributed by atoms with E-state index >= 15 is 0 Å². The number of allylic oxidation sites excluding steroid dienone is 1. The molecule has 2 aromatic carbocycles. The van der Waals surface area contributed by atoms with Gasteiger partial charge in [0.05, 0.1) is 10.8 Å². The number of carbonyl (C=O) groups is 1. The highest BCUT2D eigenvalue weighted by atomic mass is 32.2. The molecule has 1 fully saturated rings. The van der Waals surface area contributed by atoms with E-state index in [1.165, 1.54) is 48.5 Å². The van der Waals surface area contributed by atoms with Crippen LogP contribution in [-0.4, -0.2) is 25.3 Å². The molecule has 1 heterocycles. The molecule has 0 spiro atoms.